The number of anilines is 1. The highest BCUT2D eigenvalue weighted by Crippen LogP contribution is 2.28. The van der Waals surface area contributed by atoms with Crippen molar-refractivity contribution >= 4 is 37.8 Å². The lowest BCUT2D eigenvalue weighted by molar-refractivity contribution is 0.494. The molecule has 0 saturated carbocycles. The van der Waals surface area contributed by atoms with Crippen molar-refractivity contribution in [2.24, 2.45) is 5.92 Å². The van der Waals surface area contributed by atoms with Gasteiger partial charge >= 0.3 is 0 Å². The van der Waals surface area contributed by atoms with Crippen LogP contribution in [-0.4, -0.2) is 23.2 Å². The van der Waals surface area contributed by atoms with Crippen molar-refractivity contribution in [3.05, 3.63) is 59.7 Å². The molecule has 29 heavy (non-hydrogen) atoms. The molecule has 6 nitrogen and oxygen atoms in total. The maximum atomic E-state index is 12.9. The van der Waals surface area contributed by atoms with E-state index in [2.05, 4.69) is 23.7 Å². The van der Waals surface area contributed by atoms with Crippen LogP contribution in [0.5, 0.6) is 0 Å². The molecule has 0 aliphatic rings. The summed E-state index contributed by atoms with van der Waals surface area (Å²) in [6, 6.07) is 14.7. The van der Waals surface area contributed by atoms with E-state index < -0.39 is 10.0 Å². The monoisotopic (exact) mass is 408 g/mol. The molecule has 0 amide bonds. The lowest BCUT2D eigenvalue weighted by atomic mass is 10.1. The van der Waals surface area contributed by atoms with Crippen LogP contribution in [-0.2, 0) is 16.6 Å². The number of aryl methyl sites for hydroxylation is 2. The minimum absolute atomic E-state index is 0.207. The molecule has 1 N–H and O–H groups in total. The average Bonchev–Trinajstić information content (AvgIpc) is 2.95. The Morgan fingerprint density at radius 2 is 1.69 bits per heavy atom. The van der Waals surface area contributed by atoms with E-state index in [1.807, 2.05) is 38.1 Å². The zero-order valence-electron chi connectivity index (χ0n) is 17.0. The summed E-state index contributed by atoms with van der Waals surface area (Å²) in [6.07, 6.45) is 0. The van der Waals surface area contributed by atoms with Crippen molar-refractivity contribution in [2.45, 2.75) is 39.1 Å². The molecule has 0 unspecified atom stereocenters. The van der Waals surface area contributed by atoms with Gasteiger partial charge in [-0.15, -0.1) is 0 Å². The number of aromatic nitrogens is 3. The molecule has 150 valence electrons. The first kappa shape index (κ1) is 19.4. The van der Waals surface area contributed by atoms with Crippen LogP contribution in [0.4, 0.5) is 5.82 Å². The molecule has 4 aromatic rings. The van der Waals surface area contributed by atoms with E-state index >= 15 is 0 Å². The molecule has 0 spiro atoms. The van der Waals surface area contributed by atoms with E-state index in [9.17, 15) is 8.42 Å². The highest BCUT2D eigenvalue weighted by atomic mass is 32.2. The van der Waals surface area contributed by atoms with Gasteiger partial charge in [0.2, 0.25) is 0 Å². The first-order valence-electron chi connectivity index (χ1n) is 9.60. The van der Waals surface area contributed by atoms with Crippen LogP contribution in [0.2, 0.25) is 0 Å². The number of hydrogen-bond donors (Lipinski definition) is 1. The van der Waals surface area contributed by atoms with Crippen LogP contribution in [0, 0.1) is 19.8 Å². The molecule has 0 saturated heterocycles. The van der Waals surface area contributed by atoms with Gasteiger partial charge in [0.05, 0.1) is 15.8 Å². The van der Waals surface area contributed by atoms with Gasteiger partial charge in [-0.25, -0.2) is 18.1 Å². The number of hydrogen-bond acceptors (Lipinski definition) is 4. The largest absolute Gasteiger partial charge is 0.263 e. The maximum absolute atomic E-state index is 12.9. The first-order chi connectivity index (χ1) is 13.7. The molecule has 7 heteroatoms. The standard InChI is InChI=1S/C22H24N4O2S/c1-14(2)13-26-22-19(12-17-8-5-16(4)11-20(17)23-22)21(24-26)25-29(27,28)18-9-6-15(3)7-10-18/h5-12,14H,13H2,1-4H3,(H,24,25). The zero-order valence-corrected chi connectivity index (χ0v) is 17.8. The Balaban J connectivity index is 1.86. The summed E-state index contributed by atoms with van der Waals surface area (Å²) in [7, 11) is -3.75. The molecule has 4 rings (SSSR count). The van der Waals surface area contributed by atoms with Crippen molar-refractivity contribution < 1.29 is 8.42 Å². The van der Waals surface area contributed by atoms with Gasteiger partial charge in [0.1, 0.15) is 0 Å². The minimum Gasteiger partial charge on any atom is -0.261 e. The second kappa shape index (κ2) is 7.15. The van der Waals surface area contributed by atoms with Gasteiger partial charge in [-0.1, -0.05) is 43.7 Å². The van der Waals surface area contributed by atoms with Crippen LogP contribution >= 0.6 is 0 Å². The normalized spacial score (nSPS) is 12.2. The van der Waals surface area contributed by atoms with Crippen LogP contribution in [0.1, 0.15) is 25.0 Å². The van der Waals surface area contributed by atoms with Crippen molar-refractivity contribution in [2.75, 3.05) is 4.72 Å². The third-order valence-electron chi connectivity index (χ3n) is 4.77. The Kier molecular flexibility index (Phi) is 4.78. The molecular weight excluding hydrogens is 384 g/mol. The summed E-state index contributed by atoms with van der Waals surface area (Å²) in [4.78, 5) is 5.00. The molecule has 0 fully saturated rings. The quantitative estimate of drug-likeness (QED) is 0.521. The van der Waals surface area contributed by atoms with E-state index in [-0.39, 0.29) is 4.90 Å². The predicted molar refractivity (Wildman–Crippen MR) is 117 cm³/mol. The smallest absolute Gasteiger partial charge is 0.261 e. The van der Waals surface area contributed by atoms with Gasteiger partial charge in [0, 0.05) is 11.9 Å². The second-order valence-electron chi connectivity index (χ2n) is 7.90. The summed E-state index contributed by atoms with van der Waals surface area (Å²) in [5.74, 6) is 0.644. The topological polar surface area (TPSA) is 76.9 Å². The van der Waals surface area contributed by atoms with E-state index in [0.29, 0.717) is 29.3 Å². The molecule has 2 aromatic heterocycles. The van der Waals surface area contributed by atoms with Gasteiger partial charge in [0.25, 0.3) is 10.0 Å². The fraction of sp³-hybridized carbons (Fsp3) is 0.273. The van der Waals surface area contributed by atoms with Crippen LogP contribution in [0.15, 0.2) is 53.4 Å². The summed E-state index contributed by atoms with van der Waals surface area (Å²) in [5.41, 5.74) is 3.68. The molecule has 0 atom stereocenters. The van der Waals surface area contributed by atoms with Crippen LogP contribution in [0.3, 0.4) is 0 Å². The highest BCUT2D eigenvalue weighted by molar-refractivity contribution is 7.92. The average molecular weight is 409 g/mol. The Morgan fingerprint density at radius 1 is 1.00 bits per heavy atom. The lowest BCUT2D eigenvalue weighted by Gasteiger charge is -2.06. The van der Waals surface area contributed by atoms with Crippen molar-refractivity contribution in [3.63, 3.8) is 0 Å². The number of benzene rings is 2. The fourth-order valence-electron chi connectivity index (χ4n) is 3.31. The zero-order chi connectivity index (χ0) is 20.8. The lowest BCUT2D eigenvalue weighted by Crippen LogP contribution is -2.14. The number of sulfonamides is 1. The molecule has 2 heterocycles. The number of rotatable bonds is 5. The Labute approximate surface area is 170 Å². The first-order valence-corrected chi connectivity index (χ1v) is 11.1. The van der Waals surface area contributed by atoms with Gasteiger partial charge in [0.15, 0.2) is 11.5 Å². The molecule has 0 radical (unpaired) electrons. The van der Waals surface area contributed by atoms with Crippen LogP contribution in [0.25, 0.3) is 21.9 Å². The van der Waals surface area contributed by atoms with Crippen molar-refractivity contribution in [3.8, 4) is 0 Å². The third kappa shape index (κ3) is 3.82. The van der Waals surface area contributed by atoms with Crippen molar-refractivity contribution in [1.29, 1.82) is 0 Å². The van der Waals surface area contributed by atoms with Gasteiger partial charge in [-0.3, -0.25) is 4.72 Å². The number of nitrogens with zero attached hydrogens (tertiary/aromatic N) is 3. The highest BCUT2D eigenvalue weighted by Gasteiger charge is 2.20. The Bertz CT molecular complexity index is 1310. The maximum Gasteiger partial charge on any atom is 0.263 e. The number of pyridine rings is 1. The molecule has 0 bridgehead atoms. The summed E-state index contributed by atoms with van der Waals surface area (Å²) >= 11 is 0. The van der Waals surface area contributed by atoms with Gasteiger partial charge < -0.3 is 0 Å². The van der Waals surface area contributed by atoms with E-state index in [1.165, 1.54) is 0 Å². The fourth-order valence-corrected chi connectivity index (χ4v) is 4.33. The van der Waals surface area contributed by atoms with E-state index in [1.54, 1.807) is 28.9 Å². The molecular formula is C22H24N4O2S. The number of nitrogens with one attached hydrogen (secondary N) is 1. The molecule has 2 aromatic carbocycles. The van der Waals surface area contributed by atoms with Crippen molar-refractivity contribution in [1.82, 2.24) is 14.8 Å². The SMILES string of the molecule is Cc1ccc(S(=O)(=O)Nc2nn(CC(C)C)c3nc4cc(C)ccc4cc23)cc1. The molecule has 0 aliphatic heterocycles. The van der Waals surface area contributed by atoms with Gasteiger partial charge in [-0.05, 0) is 49.6 Å². The second-order valence-corrected chi connectivity index (χ2v) is 9.58. The summed E-state index contributed by atoms with van der Waals surface area (Å²) in [6.45, 7) is 8.78. The minimum atomic E-state index is -3.75. The van der Waals surface area contributed by atoms with Gasteiger partial charge in [-0.2, -0.15) is 5.10 Å². The summed E-state index contributed by atoms with van der Waals surface area (Å²) in [5, 5.41) is 6.21. The third-order valence-corrected chi connectivity index (χ3v) is 6.13. The van der Waals surface area contributed by atoms with E-state index in [4.69, 9.17) is 4.98 Å². The predicted octanol–water partition coefficient (Wildman–Crippen LogP) is 4.66. The molecule has 0 aliphatic carbocycles. The van der Waals surface area contributed by atoms with E-state index in [0.717, 1.165) is 22.0 Å². The number of fused-ring (bicyclic) bond motifs is 2. The van der Waals surface area contributed by atoms with Crippen LogP contribution < -0.4 is 4.72 Å². The summed E-state index contributed by atoms with van der Waals surface area (Å²) < 4.78 is 30.3. The Hall–Kier alpha value is -2.93. The Morgan fingerprint density at radius 3 is 2.38 bits per heavy atom.